The van der Waals surface area contributed by atoms with Crippen LogP contribution in [0.2, 0.25) is 0 Å². The summed E-state index contributed by atoms with van der Waals surface area (Å²) in [6, 6.07) is 0. The van der Waals surface area contributed by atoms with Gasteiger partial charge in [-0.15, -0.1) is 24.0 Å². The van der Waals surface area contributed by atoms with E-state index in [-0.39, 0.29) is 24.0 Å². The van der Waals surface area contributed by atoms with E-state index < -0.39 is 0 Å². The monoisotopic (exact) mass is 370 g/mol. The predicted molar refractivity (Wildman–Crippen MR) is 86.7 cm³/mol. The zero-order valence-corrected chi connectivity index (χ0v) is 13.9. The Morgan fingerprint density at radius 1 is 1.33 bits per heavy atom. The number of rotatable bonds is 6. The van der Waals surface area contributed by atoms with Gasteiger partial charge in [0.05, 0.1) is 19.8 Å². The van der Waals surface area contributed by atoms with Crippen molar-refractivity contribution >= 4 is 29.9 Å². The van der Waals surface area contributed by atoms with Crippen LogP contribution >= 0.6 is 24.0 Å². The van der Waals surface area contributed by atoms with E-state index in [9.17, 15) is 0 Å². The Balaban J connectivity index is 0.00000289. The number of unbranched alkanes of at least 4 members (excludes halogenated alkanes) is 1. The summed E-state index contributed by atoms with van der Waals surface area (Å²) < 4.78 is 5.28. The van der Waals surface area contributed by atoms with Gasteiger partial charge in [0.15, 0.2) is 5.96 Å². The molecular weight excluding hydrogens is 343 g/mol. The summed E-state index contributed by atoms with van der Waals surface area (Å²) in [6.45, 7) is 8.35. The van der Waals surface area contributed by atoms with Crippen LogP contribution in [0.15, 0.2) is 4.99 Å². The number of ether oxygens (including phenoxy) is 1. The van der Waals surface area contributed by atoms with E-state index in [1.54, 1.807) is 0 Å². The van der Waals surface area contributed by atoms with Crippen LogP contribution in [0.25, 0.3) is 0 Å². The maximum atomic E-state index is 5.94. The Morgan fingerprint density at radius 2 is 2.00 bits per heavy atom. The molecule has 108 valence electrons. The first-order valence-electron chi connectivity index (χ1n) is 6.55. The van der Waals surface area contributed by atoms with Gasteiger partial charge in [-0.1, -0.05) is 13.3 Å². The molecule has 0 aliphatic carbocycles. The molecule has 6 heteroatoms. The lowest BCUT2D eigenvalue weighted by Crippen LogP contribution is -2.45. The van der Waals surface area contributed by atoms with Crippen LogP contribution in [0.3, 0.4) is 0 Å². The van der Waals surface area contributed by atoms with Gasteiger partial charge in [0.1, 0.15) is 0 Å². The zero-order valence-electron chi connectivity index (χ0n) is 11.6. The number of guanidine groups is 1. The Morgan fingerprint density at radius 3 is 2.61 bits per heavy atom. The molecule has 2 N–H and O–H groups in total. The molecule has 0 unspecified atom stereocenters. The number of likely N-dealkylation sites (N-methyl/N-ethyl adjacent to an activating group) is 1. The molecule has 0 amide bonds. The normalized spacial score (nSPS) is 16.8. The topological polar surface area (TPSA) is 54.1 Å². The SMILES string of the molecule is CCCCN(C)CCN=C(N)N1CCOCC1.I. The average molecular weight is 370 g/mol. The first-order valence-corrected chi connectivity index (χ1v) is 6.55. The summed E-state index contributed by atoms with van der Waals surface area (Å²) in [5.74, 6) is 0.664. The second-order valence-corrected chi connectivity index (χ2v) is 4.50. The van der Waals surface area contributed by atoms with E-state index in [0.29, 0.717) is 5.96 Å². The molecular formula is C12H27IN4O. The lowest BCUT2D eigenvalue weighted by atomic mass is 10.3. The molecule has 5 nitrogen and oxygen atoms in total. The van der Waals surface area contributed by atoms with E-state index in [1.165, 1.54) is 12.8 Å². The minimum Gasteiger partial charge on any atom is -0.378 e. The Hall–Kier alpha value is -0.0800. The van der Waals surface area contributed by atoms with Crippen LogP contribution in [-0.4, -0.2) is 68.7 Å². The molecule has 1 saturated heterocycles. The maximum Gasteiger partial charge on any atom is 0.191 e. The fraction of sp³-hybridized carbons (Fsp3) is 0.917. The minimum absolute atomic E-state index is 0. The highest BCUT2D eigenvalue weighted by Gasteiger charge is 2.11. The number of hydrogen-bond acceptors (Lipinski definition) is 3. The molecule has 0 spiro atoms. The van der Waals surface area contributed by atoms with Crippen molar-refractivity contribution in [1.29, 1.82) is 0 Å². The van der Waals surface area contributed by atoms with Gasteiger partial charge < -0.3 is 20.3 Å². The molecule has 18 heavy (non-hydrogen) atoms. The average Bonchev–Trinajstić information content (AvgIpc) is 2.37. The smallest absolute Gasteiger partial charge is 0.191 e. The van der Waals surface area contributed by atoms with E-state index >= 15 is 0 Å². The van der Waals surface area contributed by atoms with Gasteiger partial charge in [-0.3, -0.25) is 4.99 Å². The van der Waals surface area contributed by atoms with Gasteiger partial charge in [-0.2, -0.15) is 0 Å². The number of halogens is 1. The van der Waals surface area contributed by atoms with E-state index in [0.717, 1.165) is 45.9 Å². The number of aliphatic imine (C=N–C) groups is 1. The summed E-state index contributed by atoms with van der Waals surface area (Å²) in [4.78, 5) is 8.82. The molecule has 1 aliphatic heterocycles. The van der Waals surface area contributed by atoms with Crippen molar-refractivity contribution in [3.8, 4) is 0 Å². The van der Waals surface area contributed by atoms with Crippen LogP contribution in [0.5, 0.6) is 0 Å². The molecule has 0 aromatic rings. The standard InChI is InChI=1S/C12H26N4O.HI/c1-3-4-6-15(2)7-5-14-12(13)16-8-10-17-11-9-16;/h3-11H2,1-2H3,(H2,13,14);1H. The maximum absolute atomic E-state index is 5.94. The van der Waals surface area contributed by atoms with E-state index in [1.807, 2.05) is 0 Å². The molecule has 1 aliphatic rings. The van der Waals surface area contributed by atoms with Crippen LogP contribution in [-0.2, 0) is 4.74 Å². The van der Waals surface area contributed by atoms with Crippen molar-refractivity contribution in [1.82, 2.24) is 9.80 Å². The molecule has 1 heterocycles. The molecule has 0 aromatic heterocycles. The van der Waals surface area contributed by atoms with Crippen molar-refractivity contribution in [2.75, 3.05) is 53.0 Å². The summed E-state index contributed by atoms with van der Waals surface area (Å²) >= 11 is 0. The molecule has 1 rings (SSSR count). The van der Waals surface area contributed by atoms with Crippen LogP contribution < -0.4 is 5.73 Å². The second-order valence-electron chi connectivity index (χ2n) is 4.50. The fourth-order valence-electron chi connectivity index (χ4n) is 1.77. The fourth-order valence-corrected chi connectivity index (χ4v) is 1.77. The van der Waals surface area contributed by atoms with Gasteiger partial charge in [0, 0.05) is 19.6 Å². The molecule has 0 aromatic carbocycles. The van der Waals surface area contributed by atoms with Gasteiger partial charge >= 0.3 is 0 Å². The lowest BCUT2D eigenvalue weighted by molar-refractivity contribution is 0.0674. The Kier molecular flexibility index (Phi) is 10.8. The van der Waals surface area contributed by atoms with Gasteiger partial charge in [-0.25, -0.2) is 0 Å². The molecule has 0 radical (unpaired) electrons. The first-order chi connectivity index (χ1) is 8.24. The van der Waals surface area contributed by atoms with Crippen molar-refractivity contribution in [3.05, 3.63) is 0 Å². The Labute approximate surface area is 128 Å². The quantitative estimate of drug-likeness (QED) is 0.430. The van der Waals surface area contributed by atoms with Gasteiger partial charge in [0.25, 0.3) is 0 Å². The van der Waals surface area contributed by atoms with Crippen LogP contribution in [0.4, 0.5) is 0 Å². The third kappa shape index (κ3) is 7.38. The highest BCUT2D eigenvalue weighted by atomic mass is 127. The number of nitrogens with two attached hydrogens (primary N) is 1. The van der Waals surface area contributed by atoms with Crippen molar-refractivity contribution in [3.63, 3.8) is 0 Å². The predicted octanol–water partition coefficient (Wildman–Crippen LogP) is 0.983. The van der Waals surface area contributed by atoms with Crippen molar-refractivity contribution in [2.45, 2.75) is 19.8 Å². The first kappa shape index (κ1) is 17.9. The molecule has 0 saturated carbocycles. The summed E-state index contributed by atoms with van der Waals surface area (Å²) in [5.41, 5.74) is 5.94. The highest BCUT2D eigenvalue weighted by Crippen LogP contribution is 1.96. The van der Waals surface area contributed by atoms with Gasteiger partial charge in [-0.05, 0) is 20.0 Å². The van der Waals surface area contributed by atoms with Crippen molar-refractivity contribution < 1.29 is 4.74 Å². The molecule has 0 atom stereocenters. The molecule has 1 fully saturated rings. The molecule has 0 bridgehead atoms. The highest BCUT2D eigenvalue weighted by molar-refractivity contribution is 14.0. The third-order valence-corrected chi connectivity index (χ3v) is 2.98. The lowest BCUT2D eigenvalue weighted by Gasteiger charge is -2.27. The number of morpholine rings is 1. The minimum atomic E-state index is 0. The number of hydrogen-bond donors (Lipinski definition) is 1. The van der Waals surface area contributed by atoms with Crippen molar-refractivity contribution in [2.24, 2.45) is 10.7 Å². The summed E-state index contributed by atoms with van der Waals surface area (Å²) in [5, 5.41) is 0. The zero-order chi connectivity index (χ0) is 12.5. The summed E-state index contributed by atoms with van der Waals surface area (Å²) in [6.07, 6.45) is 2.49. The van der Waals surface area contributed by atoms with Gasteiger partial charge in [0.2, 0.25) is 0 Å². The second kappa shape index (κ2) is 10.8. The van der Waals surface area contributed by atoms with E-state index in [4.69, 9.17) is 10.5 Å². The van der Waals surface area contributed by atoms with Crippen LogP contribution in [0.1, 0.15) is 19.8 Å². The van der Waals surface area contributed by atoms with E-state index in [2.05, 4.69) is 28.8 Å². The largest absolute Gasteiger partial charge is 0.378 e. The summed E-state index contributed by atoms with van der Waals surface area (Å²) in [7, 11) is 2.14. The van der Waals surface area contributed by atoms with Crippen LogP contribution in [0, 0.1) is 0 Å². The Bertz CT molecular complexity index is 232. The third-order valence-electron chi connectivity index (χ3n) is 2.98. The number of nitrogens with zero attached hydrogens (tertiary/aromatic N) is 3.